The summed E-state index contributed by atoms with van der Waals surface area (Å²) in [6.07, 6.45) is 0.996. The van der Waals surface area contributed by atoms with Crippen LogP contribution in [0.25, 0.3) is 0 Å². The van der Waals surface area contributed by atoms with Gasteiger partial charge in [-0.25, -0.2) is 4.79 Å². The fourth-order valence-electron chi connectivity index (χ4n) is 2.34. The molecule has 1 heterocycles. The summed E-state index contributed by atoms with van der Waals surface area (Å²) in [5, 5.41) is 5.41. The van der Waals surface area contributed by atoms with Gasteiger partial charge in [0.25, 0.3) is 5.91 Å². The number of amides is 2. The predicted octanol–water partition coefficient (Wildman–Crippen LogP) is 2.27. The van der Waals surface area contributed by atoms with Gasteiger partial charge >= 0.3 is 6.09 Å². The average molecular weight is 373 g/mol. The lowest BCUT2D eigenvalue weighted by atomic mass is 10.1. The minimum Gasteiger partial charge on any atom is -0.493 e. The Morgan fingerprint density at radius 3 is 2.48 bits per heavy atom. The second-order valence-electron chi connectivity index (χ2n) is 5.48. The summed E-state index contributed by atoms with van der Waals surface area (Å²) in [7, 11) is 3.13. The van der Waals surface area contributed by atoms with Crippen molar-refractivity contribution in [2.75, 3.05) is 20.8 Å². The van der Waals surface area contributed by atoms with E-state index in [1.807, 2.05) is 6.07 Å². The van der Waals surface area contributed by atoms with E-state index in [1.165, 1.54) is 6.20 Å². The Morgan fingerprint density at radius 1 is 1.00 bits per heavy atom. The van der Waals surface area contributed by atoms with Crippen LogP contribution in [0.3, 0.4) is 0 Å². The zero-order valence-corrected chi connectivity index (χ0v) is 15.6. The molecule has 0 aliphatic heterocycles. The third-order valence-corrected chi connectivity index (χ3v) is 3.67. The normalized spacial score (nSPS) is 10.0. The molecule has 2 amide bonds. The van der Waals surface area contributed by atoms with E-state index in [4.69, 9.17) is 14.2 Å². The van der Waals surface area contributed by atoms with E-state index in [0.717, 1.165) is 5.56 Å². The monoisotopic (exact) mass is 373 g/mol. The maximum atomic E-state index is 12.4. The third-order valence-electron chi connectivity index (χ3n) is 3.67. The number of ether oxygens (including phenoxy) is 3. The lowest BCUT2D eigenvalue weighted by molar-refractivity contribution is 0.0950. The molecule has 144 valence electrons. The van der Waals surface area contributed by atoms with Gasteiger partial charge in [-0.2, -0.15) is 0 Å². The molecule has 0 unspecified atom stereocenters. The summed E-state index contributed by atoms with van der Waals surface area (Å²) in [6.45, 7) is 2.52. The second-order valence-corrected chi connectivity index (χ2v) is 5.48. The minimum absolute atomic E-state index is 0.176. The number of methoxy groups -OCH3 is 2. The highest BCUT2D eigenvalue weighted by atomic mass is 16.5. The van der Waals surface area contributed by atoms with Crippen molar-refractivity contribution in [3.8, 4) is 11.5 Å². The molecule has 8 nitrogen and oxygen atoms in total. The van der Waals surface area contributed by atoms with Crippen molar-refractivity contribution in [2.24, 2.45) is 0 Å². The summed E-state index contributed by atoms with van der Waals surface area (Å²) in [5.41, 5.74) is 1.88. The molecule has 27 heavy (non-hydrogen) atoms. The quantitative estimate of drug-likeness (QED) is 0.737. The van der Waals surface area contributed by atoms with Crippen molar-refractivity contribution in [1.82, 2.24) is 15.6 Å². The lowest BCUT2D eigenvalue weighted by Gasteiger charge is -2.11. The van der Waals surface area contributed by atoms with Gasteiger partial charge < -0.3 is 24.8 Å². The average Bonchev–Trinajstić information content (AvgIpc) is 2.70. The number of rotatable bonds is 8. The molecule has 0 fully saturated rings. The molecule has 2 N–H and O–H groups in total. The molecule has 2 aromatic rings. The lowest BCUT2D eigenvalue weighted by Crippen LogP contribution is -2.25. The van der Waals surface area contributed by atoms with E-state index >= 15 is 0 Å². The Labute approximate surface area is 157 Å². The first-order valence-electron chi connectivity index (χ1n) is 8.42. The molecule has 0 radical (unpaired) electrons. The smallest absolute Gasteiger partial charge is 0.407 e. The van der Waals surface area contributed by atoms with Crippen LogP contribution in [0.5, 0.6) is 11.5 Å². The third kappa shape index (κ3) is 5.88. The van der Waals surface area contributed by atoms with Crippen LogP contribution in [-0.2, 0) is 17.8 Å². The van der Waals surface area contributed by atoms with E-state index in [2.05, 4.69) is 15.6 Å². The molecule has 2 rings (SSSR count). The van der Waals surface area contributed by atoms with Gasteiger partial charge in [0.2, 0.25) is 0 Å². The van der Waals surface area contributed by atoms with Gasteiger partial charge in [0, 0.05) is 18.3 Å². The van der Waals surface area contributed by atoms with Crippen LogP contribution in [-0.4, -0.2) is 37.8 Å². The van der Waals surface area contributed by atoms with Crippen molar-refractivity contribution in [3.63, 3.8) is 0 Å². The second kappa shape index (κ2) is 10.0. The van der Waals surface area contributed by atoms with Crippen molar-refractivity contribution < 1.29 is 23.8 Å². The molecule has 0 spiro atoms. The van der Waals surface area contributed by atoms with Gasteiger partial charge in [-0.15, -0.1) is 0 Å². The Bertz CT molecular complexity index is 795. The first kappa shape index (κ1) is 20.0. The molecular weight excluding hydrogens is 350 g/mol. The Kier molecular flexibility index (Phi) is 7.42. The minimum atomic E-state index is -0.525. The number of nitrogens with zero attached hydrogens (tertiary/aromatic N) is 1. The number of carbonyl (C=O) groups is 2. The highest BCUT2D eigenvalue weighted by molar-refractivity contribution is 5.94. The van der Waals surface area contributed by atoms with Gasteiger partial charge in [-0.3, -0.25) is 9.78 Å². The number of nitrogens with one attached hydrogen (secondary N) is 2. The number of hydrogen-bond donors (Lipinski definition) is 2. The molecule has 0 aliphatic carbocycles. The van der Waals surface area contributed by atoms with Crippen molar-refractivity contribution in [1.29, 1.82) is 0 Å². The summed E-state index contributed by atoms with van der Waals surface area (Å²) >= 11 is 0. The highest BCUT2D eigenvalue weighted by Crippen LogP contribution is 2.27. The Balaban J connectivity index is 1.96. The topological polar surface area (TPSA) is 98.8 Å². The van der Waals surface area contributed by atoms with Crippen LogP contribution >= 0.6 is 0 Å². The van der Waals surface area contributed by atoms with E-state index in [9.17, 15) is 9.59 Å². The largest absolute Gasteiger partial charge is 0.493 e. The molecule has 0 saturated carbocycles. The van der Waals surface area contributed by atoms with Crippen molar-refractivity contribution >= 4 is 12.0 Å². The van der Waals surface area contributed by atoms with Gasteiger partial charge in [-0.05, 0) is 36.8 Å². The maximum Gasteiger partial charge on any atom is 0.407 e. The van der Waals surface area contributed by atoms with E-state index in [1.54, 1.807) is 45.4 Å². The molecule has 1 aromatic carbocycles. The summed E-state index contributed by atoms with van der Waals surface area (Å²) in [4.78, 5) is 27.8. The van der Waals surface area contributed by atoms with Gasteiger partial charge in [0.1, 0.15) is 0 Å². The summed E-state index contributed by atoms with van der Waals surface area (Å²) in [6, 6.07) is 8.67. The molecule has 0 bridgehead atoms. The van der Waals surface area contributed by atoms with Crippen LogP contribution in [0.15, 0.2) is 36.5 Å². The number of hydrogen-bond acceptors (Lipinski definition) is 6. The van der Waals surface area contributed by atoms with E-state index in [0.29, 0.717) is 29.3 Å². The van der Waals surface area contributed by atoms with Gasteiger partial charge in [0.15, 0.2) is 11.5 Å². The molecular formula is C19H23N3O5. The first-order valence-corrected chi connectivity index (χ1v) is 8.42. The number of carbonyl (C=O) groups excluding carboxylic acids is 2. The fraction of sp³-hybridized carbons (Fsp3) is 0.316. The van der Waals surface area contributed by atoms with Crippen LogP contribution in [0.4, 0.5) is 4.79 Å². The Hall–Kier alpha value is -3.29. The van der Waals surface area contributed by atoms with Crippen LogP contribution in [0.1, 0.15) is 28.5 Å². The van der Waals surface area contributed by atoms with Crippen LogP contribution in [0.2, 0.25) is 0 Å². The zero-order chi connectivity index (χ0) is 19.6. The number of aromatic nitrogens is 1. The highest BCUT2D eigenvalue weighted by Gasteiger charge is 2.09. The molecule has 0 aliphatic rings. The first-order chi connectivity index (χ1) is 13.1. The molecule has 1 aromatic heterocycles. The van der Waals surface area contributed by atoms with Crippen molar-refractivity contribution in [3.05, 3.63) is 53.3 Å². The predicted molar refractivity (Wildman–Crippen MR) is 98.8 cm³/mol. The van der Waals surface area contributed by atoms with Crippen LogP contribution in [0, 0.1) is 0 Å². The zero-order valence-electron chi connectivity index (χ0n) is 15.6. The maximum absolute atomic E-state index is 12.4. The number of pyridine rings is 1. The molecule has 8 heteroatoms. The van der Waals surface area contributed by atoms with E-state index < -0.39 is 6.09 Å². The number of alkyl carbamates (subject to hydrolysis) is 1. The molecule has 0 atom stereocenters. The van der Waals surface area contributed by atoms with Gasteiger partial charge in [0.05, 0.1) is 33.1 Å². The Morgan fingerprint density at radius 2 is 1.78 bits per heavy atom. The summed E-state index contributed by atoms with van der Waals surface area (Å²) in [5.74, 6) is 0.977. The fourth-order valence-corrected chi connectivity index (χ4v) is 2.34. The number of benzene rings is 1. The van der Waals surface area contributed by atoms with Gasteiger partial charge in [-0.1, -0.05) is 6.07 Å². The van der Waals surface area contributed by atoms with E-state index in [-0.39, 0.29) is 19.1 Å². The standard InChI is InChI=1S/C19H23N3O5/c1-4-27-19(24)22-12-15-10-14(7-8-20-15)18(23)21-11-13-5-6-16(25-2)17(9-13)26-3/h5-10H,4,11-12H2,1-3H3,(H,21,23)(H,22,24). The SMILES string of the molecule is CCOC(=O)NCc1cc(C(=O)NCc2ccc(OC)c(OC)c2)ccn1. The summed E-state index contributed by atoms with van der Waals surface area (Å²) < 4.78 is 15.2. The molecule has 0 saturated heterocycles. The van der Waals surface area contributed by atoms with Crippen LogP contribution < -0.4 is 20.1 Å². The van der Waals surface area contributed by atoms with Crippen molar-refractivity contribution in [2.45, 2.75) is 20.0 Å².